The van der Waals surface area contributed by atoms with Crippen LogP contribution in [0.25, 0.3) is 0 Å². The smallest absolute Gasteiger partial charge is 0.237 e. The van der Waals surface area contributed by atoms with Crippen LogP contribution in [0, 0.1) is 0 Å². The highest BCUT2D eigenvalue weighted by atomic mass is 16.3. The standard InChI is InChI=1S/C13H20N2O2/c1-2-3-8-15-13(17)12(14)9-10-4-6-11(16)7-5-10/h4-7,12,16H,2-3,8-9,14H2,1H3,(H,15,17)/t12-/m1/s1. The first kappa shape index (κ1) is 13.5. The van der Waals surface area contributed by atoms with E-state index in [1.54, 1.807) is 24.3 Å². The molecule has 0 saturated carbocycles. The maximum absolute atomic E-state index is 11.6. The van der Waals surface area contributed by atoms with E-state index in [-0.39, 0.29) is 11.7 Å². The minimum atomic E-state index is -0.531. The lowest BCUT2D eigenvalue weighted by molar-refractivity contribution is -0.122. The van der Waals surface area contributed by atoms with Crippen molar-refractivity contribution in [2.75, 3.05) is 6.54 Å². The molecule has 0 aliphatic heterocycles. The minimum Gasteiger partial charge on any atom is -0.508 e. The summed E-state index contributed by atoms with van der Waals surface area (Å²) < 4.78 is 0. The molecule has 1 atom stereocenters. The molecule has 1 amide bonds. The summed E-state index contributed by atoms with van der Waals surface area (Å²) in [5.41, 5.74) is 6.74. The molecule has 4 N–H and O–H groups in total. The fourth-order valence-corrected chi connectivity index (χ4v) is 1.50. The van der Waals surface area contributed by atoms with Crippen LogP contribution >= 0.6 is 0 Å². The number of rotatable bonds is 6. The molecule has 0 aromatic heterocycles. The number of aromatic hydroxyl groups is 1. The number of phenols is 1. The Morgan fingerprint density at radius 3 is 2.65 bits per heavy atom. The first-order valence-corrected chi connectivity index (χ1v) is 5.94. The number of nitrogens with two attached hydrogens (primary N) is 1. The van der Waals surface area contributed by atoms with Crippen LogP contribution < -0.4 is 11.1 Å². The lowest BCUT2D eigenvalue weighted by Gasteiger charge is -2.12. The molecule has 0 aliphatic carbocycles. The van der Waals surface area contributed by atoms with Crippen LogP contribution in [-0.2, 0) is 11.2 Å². The normalized spacial score (nSPS) is 12.1. The maximum atomic E-state index is 11.6. The number of carbonyl (C=O) groups is 1. The minimum absolute atomic E-state index is 0.119. The van der Waals surface area contributed by atoms with E-state index < -0.39 is 6.04 Å². The Kier molecular flexibility index (Phi) is 5.49. The van der Waals surface area contributed by atoms with Crippen molar-refractivity contribution in [3.05, 3.63) is 29.8 Å². The summed E-state index contributed by atoms with van der Waals surface area (Å²) in [4.78, 5) is 11.6. The van der Waals surface area contributed by atoms with E-state index in [1.165, 1.54) is 0 Å². The molecule has 17 heavy (non-hydrogen) atoms. The van der Waals surface area contributed by atoms with Gasteiger partial charge in [-0.15, -0.1) is 0 Å². The molecular formula is C13H20N2O2. The summed E-state index contributed by atoms with van der Waals surface area (Å²) in [5.74, 6) is 0.0984. The van der Waals surface area contributed by atoms with Crippen LogP contribution in [0.1, 0.15) is 25.3 Å². The third-order valence-electron chi connectivity index (χ3n) is 2.56. The van der Waals surface area contributed by atoms with E-state index in [2.05, 4.69) is 12.2 Å². The van der Waals surface area contributed by atoms with Gasteiger partial charge in [-0.1, -0.05) is 25.5 Å². The molecular weight excluding hydrogens is 216 g/mol. The molecule has 0 bridgehead atoms. The van der Waals surface area contributed by atoms with E-state index in [1.807, 2.05) is 0 Å². The Morgan fingerprint density at radius 2 is 2.06 bits per heavy atom. The highest BCUT2D eigenvalue weighted by Crippen LogP contribution is 2.10. The van der Waals surface area contributed by atoms with Gasteiger partial charge in [0.1, 0.15) is 5.75 Å². The summed E-state index contributed by atoms with van der Waals surface area (Å²) >= 11 is 0. The zero-order chi connectivity index (χ0) is 12.7. The number of benzene rings is 1. The van der Waals surface area contributed by atoms with Crippen LogP contribution in [0.15, 0.2) is 24.3 Å². The number of unbranched alkanes of at least 4 members (excludes halogenated alkanes) is 1. The molecule has 4 heteroatoms. The third kappa shape index (κ3) is 4.87. The first-order chi connectivity index (χ1) is 8.13. The molecule has 94 valence electrons. The van der Waals surface area contributed by atoms with Crippen molar-refractivity contribution >= 4 is 5.91 Å². The number of nitrogens with one attached hydrogen (secondary N) is 1. The highest BCUT2D eigenvalue weighted by Gasteiger charge is 2.13. The maximum Gasteiger partial charge on any atom is 0.237 e. The van der Waals surface area contributed by atoms with Gasteiger partial charge < -0.3 is 16.2 Å². The van der Waals surface area contributed by atoms with Crippen LogP contribution in [0.2, 0.25) is 0 Å². The Hall–Kier alpha value is -1.55. The molecule has 1 aromatic carbocycles. The molecule has 0 radical (unpaired) electrons. The second kappa shape index (κ2) is 6.91. The third-order valence-corrected chi connectivity index (χ3v) is 2.56. The van der Waals surface area contributed by atoms with Crippen molar-refractivity contribution in [3.8, 4) is 5.75 Å². The van der Waals surface area contributed by atoms with E-state index in [0.29, 0.717) is 13.0 Å². The van der Waals surface area contributed by atoms with Crippen molar-refractivity contribution < 1.29 is 9.90 Å². The average Bonchev–Trinajstić information content (AvgIpc) is 2.32. The van der Waals surface area contributed by atoms with Crippen LogP contribution in [0.4, 0.5) is 0 Å². The fourth-order valence-electron chi connectivity index (χ4n) is 1.50. The van der Waals surface area contributed by atoms with Gasteiger partial charge in [-0.25, -0.2) is 0 Å². The summed E-state index contributed by atoms with van der Waals surface area (Å²) in [6, 6.07) is 6.20. The van der Waals surface area contributed by atoms with Gasteiger partial charge in [0, 0.05) is 6.54 Å². The fraction of sp³-hybridized carbons (Fsp3) is 0.462. The van der Waals surface area contributed by atoms with Crippen molar-refractivity contribution in [1.29, 1.82) is 0 Å². The van der Waals surface area contributed by atoms with Gasteiger partial charge >= 0.3 is 0 Å². The Bertz CT molecular complexity index is 349. The Balaban J connectivity index is 2.40. The average molecular weight is 236 g/mol. The van der Waals surface area contributed by atoms with Gasteiger partial charge in [0.05, 0.1) is 6.04 Å². The van der Waals surface area contributed by atoms with Crippen LogP contribution in [-0.4, -0.2) is 23.6 Å². The summed E-state index contributed by atoms with van der Waals surface area (Å²) in [6.07, 6.45) is 2.50. The second-order valence-electron chi connectivity index (χ2n) is 4.12. The lowest BCUT2D eigenvalue weighted by Crippen LogP contribution is -2.42. The van der Waals surface area contributed by atoms with Gasteiger partial charge in [-0.2, -0.15) is 0 Å². The van der Waals surface area contributed by atoms with Gasteiger partial charge in [-0.3, -0.25) is 4.79 Å². The SMILES string of the molecule is CCCCNC(=O)[C@H](N)Cc1ccc(O)cc1. The quantitative estimate of drug-likeness (QED) is 0.649. The van der Waals surface area contributed by atoms with Crippen molar-refractivity contribution in [3.63, 3.8) is 0 Å². The molecule has 0 saturated heterocycles. The number of hydrogen-bond acceptors (Lipinski definition) is 3. The van der Waals surface area contributed by atoms with Crippen molar-refractivity contribution in [2.45, 2.75) is 32.2 Å². The predicted octanol–water partition coefficient (Wildman–Crippen LogP) is 1.18. The van der Waals surface area contributed by atoms with Crippen molar-refractivity contribution in [1.82, 2.24) is 5.32 Å². The Labute approximate surface area is 102 Å². The number of amides is 1. The number of phenolic OH excluding ortho intramolecular Hbond substituents is 1. The van der Waals surface area contributed by atoms with Gasteiger partial charge in [0.2, 0.25) is 5.91 Å². The molecule has 1 aromatic rings. The summed E-state index contributed by atoms with van der Waals surface area (Å²) in [5, 5.41) is 11.9. The number of hydrogen-bond donors (Lipinski definition) is 3. The van der Waals surface area contributed by atoms with E-state index in [4.69, 9.17) is 10.8 Å². The lowest BCUT2D eigenvalue weighted by atomic mass is 10.1. The highest BCUT2D eigenvalue weighted by molar-refractivity contribution is 5.81. The van der Waals surface area contributed by atoms with Gasteiger partial charge in [0.25, 0.3) is 0 Å². The molecule has 0 fully saturated rings. The van der Waals surface area contributed by atoms with Gasteiger partial charge in [0.15, 0.2) is 0 Å². The second-order valence-corrected chi connectivity index (χ2v) is 4.12. The summed E-state index contributed by atoms with van der Waals surface area (Å²) in [7, 11) is 0. The molecule has 0 heterocycles. The topological polar surface area (TPSA) is 75.4 Å². The zero-order valence-corrected chi connectivity index (χ0v) is 10.1. The van der Waals surface area contributed by atoms with Gasteiger partial charge in [-0.05, 0) is 30.5 Å². The van der Waals surface area contributed by atoms with E-state index >= 15 is 0 Å². The Morgan fingerprint density at radius 1 is 1.41 bits per heavy atom. The first-order valence-electron chi connectivity index (χ1n) is 5.94. The largest absolute Gasteiger partial charge is 0.508 e. The molecule has 4 nitrogen and oxygen atoms in total. The van der Waals surface area contributed by atoms with E-state index in [9.17, 15) is 4.79 Å². The zero-order valence-electron chi connectivity index (χ0n) is 10.1. The van der Waals surface area contributed by atoms with Crippen LogP contribution in [0.5, 0.6) is 5.75 Å². The monoisotopic (exact) mass is 236 g/mol. The molecule has 0 unspecified atom stereocenters. The predicted molar refractivity (Wildman–Crippen MR) is 67.7 cm³/mol. The van der Waals surface area contributed by atoms with Crippen LogP contribution in [0.3, 0.4) is 0 Å². The summed E-state index contributed by atoms with van der Waals surface area (Å²) in [6.45, 7) is 2.75. The molecule has 0 aliphatic rings. The molecule has 1 rings (SSSR count). The molecule has 0 spiro atoms. The van der Waals surface area contributed by atoms with Crippen molar-refractivity contribution in [2.24, 2.45) is 5.73 Å². The van der Waals surface area contributed by atoms with E-state index in [0.717, 1.165) is 18.4 Å². The number of carbonyl (C=O) groups excluding carboxylic acids is 1.